The van der Waals surface area contributed by atoms with Crippen LogP contribution in [-0.4, -0.2) is 35.3 Å². The maximum absolute atomic E-state index is 12.5. The van der Waals surface area contributed by atoms with Gasteiger partial charge in [-0.3, -0.25) is 5.10 Å². The van der Waals surface area contributed by atoms with Crippen LogP contribution in [0, 0.1) is 6.92 Å². The van der Waals surface area contributed by atoms with Crippen LogP contribution in [0.5, 0.6) is 0 Å². The molecule has 2 rings (SSSR count). The van der Waals surface area contributed by atoms with Crippen molar-refractivity contribution in [2.75, 3.05) is 18.1 Å². The zero-order valence-corrected chi connectivity index (χ0v) is 17.9. The quantitative estimate of drug-likeness (QED) is 0.326. The Labute approximate surface area is 171 Å². The van der Waals surface area contributed by atoms with Crippen LogP contribution in [-0.2, 0) is 24.5 Å². The molecular weight excluding hydrogens is 370 g/mol. The summed E-state index contributed by atoms with van der Waals surface area (Å²) in [4.78, 5) is 26.7. The lowest BCUT2D eigenvalue weighted by molar-refractivity contribution is -0.146. The van der Waals surface area contributed by atoms with E-state index in [9.17, 15) is 9.59 Å². The van der Waals surface area contributed by atoms with Gasteiger partial charge in [0, 0.05) is 12.3 Å². The monoisotopic (exact) mass is 399 g/mol. The first kappa shape index (κ1) is 22.2. The first-order chi connectivity index (χ1) is 13.7. The van der Waals surface area contributed by atoms with E-state index < -0.39 is 11.9 Å². The molecule has 0 atom stereocenters. The summed E-state index contributed by atoms with van der Waals surface area (Å²) in [6.07, 6.45) is 3.06. The van der Waals surface area contributed by atoms with Crippen molar-refractivity contribution in [2.45, 2.75) is 47.0 Å². The van der Waals surface area contributed by atoms with Crippen LogP contribution in [0.3, 0.4) is 0 Å². The van der Waals surface area contributed by atoms with Crippen LogP contribution < -0.4 is 4.90 Å². The smallest absolute Gasteiger partial charge is 0.347 e. The van der Waals surface area contributed by atoms with E-state index in [4.69, 9.17) is 9.47 Å². The molecular formula is C22H29N3O4. The lowest BCUT2D eigenvalue weighted by Crippen LogP contribution is -2.24. The molecule has 1 aromatic heterocycles. The van der Waals surface area contributed by atoms with E-state index in [0.717, 1.165) is 16.8 Å². The van der Waals surface area contributed by atoms with Gasteiger partial charge in [-0.05, 0) is 43.4 Å². The number of nitrogens with one attached hydrogen (secondary N) is 1. The molecule has 0 spiro atoms. The molecule has 0 bridgehead atoms. The number of H-pyrrole nitrogens is 1. The van der Waals surface area contributed by atoms with Gasteiger partial charge in [0.1, 0.15) is 5.82 Å². The Morgan fingerprint density at radius 2 is 1.72 bits per heavy atom. The summed E-state index contributed by atoms with van der Waals surface area (Å²) in [5.74, 6) is -0.868. The van der Waals surface area contributed by atoms with Crippen molar-refractivity contribution in [2.24, 2.45) is 0 Å². The second-order valence-corrected chi connectivity index (χ2v) is 7.57. The van der Waals surface area contributed by atoms with Gasteiger partial charge in [-0.2, -0.15) is 5.10 Å². The van der Waals surface area contributed by atoms with Crippen LogP contribution in [0.4, 0.5) is 11.5 Å². The Hall–Kier alpha value is -3.09. The minimum Gasteiger partial charge on any atom is -0.462 e. The number of anilines is 2. The molecule has 7 heteroatoms. The number of rotatable bonds is 7. The number of nitrogens with zero attached hydrogens (tertiary/aromatic N) is 2. The topological polar surface area (TPSA) is 84.5 Å². The molecule has 0 amide bonds. The molecule has 7 nitrogen and oxygen atoms in total. The zero-order chi connectivity index (χ0) is 21.6. The second-order valence-electron chi connectivity index (χ2n) is 7.57. The number of aryl methyl sites for hydroxylation is 1. The molecule has 0 saturated carbocycles. The Morgan fingerprint density at radius 3 is 2.21 bits per heavy atom. The first-order valence-corrected chi connectivity index (χ1v) is 9.64. The third-order valence-electron chi connectivity index (χ3n) is 4.22. The van der Waals surface area contributed by atoms with Gasteiger partial charge in [-0.15, -0.1) is 0 Å². The molecule has 0 unspecified atom stereocenters. The largest absolute Gasteiger partial charge is 0.462 e. The Morgan fingerprint density at radius 1 is 1.10 bits per heavy atom. The van der Waals surface area contributed by atoms with E-state index in [1.54, 1.807) is 31.0 Å². The van der Waals surface area contributed by atoms with Crippen molar-refractivity contribution in [3.8, 4) is 0 Å². The molecule has 0 fully saturated rings. The van der Waals surface area contributed by atoms with E-state index in [0.29, 0.717) is 5.82 Å². The van der Waals surface area contributed by atoms with Gasteiger partial charge < -0.3 is 14.4 Å². The fourth-order valence-corrected chi connectivity index (χ4v) is 2.86. The maximum Gasteiger partial charge on any atom is 0.347 e. The maximum atomic E-state index is 12.5. The molecule has 156 valence electrons. The molecule has 1 N–H and O–H groups in total. The average molecular weight is 399 g/mol. The number of benzene rings is 1. The van der Waals surface area contributed by atoms with E-state index in [2.05, 4.69) is 37.0 Å². The standard InChI is InChI=1S/C22H29N3O4/c1-7-28-20(26)16(21(27)29-8-2)14-25(19-11-12-23-24-19)18-13-15(3)9-10-17(18)22(4,5)6/h9-14H,7-8H2,1-6H3,(H,23,24). The Bertz CT molecular complexity index is 860. The van der Waals surface area contributed by atoms with E-state index >= 15 is 0 Å². The number of aromatic nitrogens is 2. The minimum atomic E-state index is -0.736. The van der Waals surface area contributed by atoms with Gasteiger partial charge >= 0.3 is 11.9 Å². The summed E-state index contributed by atoms with van der Waals surface area (Å²) in [5.41, 5.74) is 2.54. The Kier molecular flexibility index (Phi) is 7.20. The van der Waals surface area contributed by atoms with E-state index in [1.807, 2.05) is 19.1 Å². The van der Waals surface area contributed by atoms with Crippen LogP contribution >= 0.6 is 0 Å². The van der Waals surface area contributed by atoms with Crippen LogP contribution in [0.2, 0.25) is 0 Å². The fraction of sp³-hybridized carbons (Fsp3) is 0.409. The molecule has 0 saturated heterocycles. The predicted octanol–water partition coefficient (Wildman–Crippen LogP) is 4.16. The molecule has 2 aromatic rings. The highest BCUT2D eigenvalue weighted by molar-refractivity contribution is 6.14. The van der Waals surface area contributed by atoms with Crippen molar-refractivity contribution in [3.63, 3.8) is 0 Å². The summed E-state index contributed by atoms with van der Waals surface area (Å²) in [7, 11) is 0. The summed E-state index contributed by atoms with van der Waals surface area (Å²) < 4.78 is 10.2. The number of carbonyl (C=O) groups is 2. The molecule has 0 aliphatic rings. The number of hydrogen-bond acceptors (Lipinski definition) is 6. The summed E-state index contributed by atoms with van der Waals surface area (Å²) >= 11 is 0. The van der Waals surface area contributed by atoms with E-state index in [1.165, 1.54) is 6.20 Å². The number of ether oxygens (including phenoxy) is 2. The lowest BCUT2D eigenvalue weighted by Gasteiger charge is -2.29. The molecule has 29 heavy (non-hydrogen) atoms. The summed E-state index contributed by atoms with van der Waals surface area (Å²) in [5, 5.41) is 6.93. The van der Waals surface area contributed by atoms with Gasteiger partial charge in [0.15, 0.2) is 5.57 Å². The number of hydrogen-bond donors (Lipinski definition) is 1. The first-order valence-electron chi connectivity index (χ1n) is 9.64. The van der Waals surface area contributed by atoms with Crippen LogP contribution in [0.25, 0.3) is 0 Å². The highest BCUT2D eigenvalue weighted by Gasteiger charge is 2.27. The van der Waals surface area contributed by atoms with Gasteiger partial charge in [0.05, 0.1) is 25.1 Å². The van der Waals surface area contributed by atoms with Crippen LogP contribution in [0.1, 0.15) is 45.7 Å². The number of esters is 2. The van der Waals surface area contributed by atoms with Gasteiger partial charge in [-0.25, -0.2) is 9.59 Å². The van der Waals surface area contributed by atoms with Gasteiger partial charge in [0.25, 0.3) is 0 Å². The van der Waals surface area contributed by atoms with Crippen LogP contribution in [0.15, 0.2) is 42.2 Å². The molecule has 0 aliphatic carbocycles. The van der Waals surface area contributed by atoms with Gasteiger partial charge in [0.2, 0.25) is 0 Å². The van der Waals surface area contributed by atoms with Crippen molar-refractivity contribution < 1.29 is 19.1 Å². The normalized spacial score (nSPS) is 11.0. The second kappa shape index (κ2) is 9.41. The SMILES string of the molecule is CCOC(=O)C(=CN(c1ccn[nH]1)c1cc(C)ccc1C(C)(C)C)C(=O)OCC. The van der Waals surface area contributed by atoms with Crippen molar-refractivity contribution in [1.29, 1.82) is 0 Å². The van der Waals surface area contributed by atoms with E-state index in [-0.39, 0.29) is 24.2 Å². The third-order valence-corrected chi connectivity index (χ3v) is 4.22. The van der Waals surface area contributed by atoms with Crippen molar-refractivity contribution >= 4 is 23.4 Å². The lowest BCUT2D eigenvalue weighted by atomic mass is 9.85. The van der Waals surface area contributed by atoms with Crippen molar-refractivity contribution in [1.82, 2.24) is 10.2 Å². The number of aromatic amines is 1. The highest BCUT2D eigenvalue weighted by Crippen LogP contribution is 2.36. The fourth-order valence-electron chi connectivity index (χ4n) is 2.86. The number of carbonyl (C=O) groups excluding carboxylic acids is 2. The zero-order valence-electron chi connectivity index (χ0n) is 17.9. The minimum absolute atomic E-state index is 0.150. The predicted molar refractivity (Wildman–Crippen MR) is 112 cm³/mol. The van der Waals surface area contributed by atoms with Crippen molar-refractivity contribution in [3.05, 3.63) is 53.4 Å². The summed E-state index contributed by atoms with van der Waals surface area (Å²) in [6.45, 7) is 12.0. The third kappa shape index (κ3) is 5.47. The molecule has 0 aliphatic heterocycles. The Balaban J connectivity index is 2.72. The molecule has 1 aromatic carbocycles. The summed E-state index contributed by atoms with van der Waals surface area (Å²) in [6, 6.07) is 7.86. The molecule has 1 heterocycles. The highest BCUT2D eigenvalue weighted by atomic mass is 16.6. The average Bonchev–Trinajstić information content (AvgIpc) is 3.16. The molecule has 0 radical (unpaired) electrons. The van der Waals surface area contributed by atoms with Gasteiger partial charge in [-0.1, -0.05) is 32.9 Å².